The average molecular weight is 429 g/mol. The van der Waals surface area contributed by atoms with Crippen molar-refractivity contribution < 1.29 is 4.79 Å². The molecule has 2 heterocycles. The molecule has 2 N–H and O–H groups in total. The van der Waals surface area contributed by atoms with Gasteiger partial charge in [-0.05, 0) is 37.6 Å². The fourth-order valence-electron chi connectivity index (χ4n) is 3.38. The third-order valence-corrected chi connectivity index (χ3v) is 5.52. The number of aromatic nitrogens is 4. The van der Waals surface area contributed by atoms with E-state index in [9.17, 15) is 4.79 Å². The minimum Gasteiger partial charge on any atom is -0.368 e. The number of nitrogens with zero attached hydrogens (tertiary/aromatic N) is 4. The van der Waals surface area contributed by atoms with Crippen molar-refractivity contribution in [3.05, 3.63) is 77.7 Å². The number of carbonyl (C=O) groups excluding carboxylic acids is 1. The zero-order chi connectivity index (χ0) is 22.5. The molecular formula is C25H28N6O. The van der Waals surface area contributed by atoms with Gasteiger partial charge in [-0.25, -0.2) is 14.6 Å². The molecule has 164 valence electrons. The molecule has 2 aromatic carbocycles. The lowest BCUT2D eigenvalue weighted by Crippen LogP contribution is -2.29. The highest BCUT2D eigenvalue weighted by atomic mass is 16.1. The third-order valence-electron chi connectivity index (χ3n) is 5.52. The number of fused-ring (bicyclic) bond motifs is 1. The van der Waals surface area contributed by atoms with Gasteiger partial charge in [-0.1, -0.05) is 49.7 Å². The Kier molecular flexibility index (Phi) is 6.44. The molecule has 0 spiro atoms. The van der Waals surface area contributed by atoms with Crippen molar-refractivity contribution in [3.63, 3.8) is 0 Å². The first-order chi connectivity index (χ1) is 15.6. The highest BCUT2D eigenvalue weighted by Crippen LogP contribution is 2.26. The second-order valence-electron chi connectivity index (χ2n) is 7.92. The molecule has 1 amide bonds. The number of hydrogen-bond donors (Lipinski definition) is 2. The fourth-order valence-corrected chi connectivity index (χ4v) is 3.38. The van der Waals surface area contributed by atoms with Gasteiger partial charge in [0.05, 0.1) is 17.3 Å². The number of nitrogens with one attached hydrogen (secondary N) is 2. The number of benzene rings is 2. The van der Waals surface area contributed by atoms with E-state index in [0.29, 0.717) is 18.7 Å². The average Bonchev–Trinajstić information content (AvgIpc) is 3.26. The van der Waals surface area contributed by atoms with Crippen molar-refractivity contribution in [2.24, 2.45) is 0 Å². The molecule has 0 aliphatic heterocycles. The van der Waals surface area contributed by atoms with Gasteiger partial charge >= 0.3 is 0 Å². The molecule has 0 saturated carbocycles. The van der Waals surface area contributed by atoms with E-state index < -0.39 is 0 Å². The predicted octanol–water partition coefficient (Wildman–Crippen LogP) is 4.48. The van der Waals surface area contributed by atoms with Crippen LogP contribution in [0.1, 0.15) is 47.9 Å². The lowest BCUT2D eigenvalue weighted by molar-refractivity contribution is 0.0955. The van der Waals surface area contributed by atoms with Crippen LogP contribution in [0.2, 0.25) is 0 Å². The summed E-state index contributed by atoms with van der Waals surface area (Å²) in [7, 11) is 0. The summed E-state index contributed by atoms with van der Waals surface area (Å²) in [4.78, 5) is 21.9. The van der Waals surface area contributed by atoms with E-state index in [1.54, 1.807) is 6.20 Å². The first kappa shape index (κ1) is 21.5. The number of anilines is 1. The van der Waals surface area contributed by atoms with Gasteiger partial charge in [-0.3, -0.25) is 4.79 Å². The minimum atomic E-state index is -0.0863. The SMILES string of the molecule is CCC(C)c1nc(NCCNC(=O)c2ccc(C)cc2)c2cnn(-c3ccccc3)c2n1. The van der Waals surface area contributed by atoms with E-state index in [0.717, 1.165) is 40.3 Å². The molecule has 0 aliphatic rings. The van der Waals surface area contributed by atoms with Crippen LogP contribution in [0.25, 0.3) is 16.7 Å². The van der Waals surface area contributed by atoms with Crippen LogP contribution in [0.5, 0.6) is 0 Å². The Morgan fingerprint density at radius 2 is 1.78 bits per heavy atom. The number of hydrogen-bond acceptors (Lipinski definition) is 5. The molecule has 0 fully saturated rings. The normalized spacial score (nSPS) is 12.0. The second-order valence-corrected chi connectivity index (χ2v) is 7.92. The molecule has 32 heavy (non-hydrogen) atoms. The monoisotopic (exact) mass is 428 g/mol. The van der Waals surface area contributed by atoms with Crippen molar-refractivity contribution in [2.75, 3.05) is 18.4 Å². The van der Waals surface area contributed by atoms with Gasteiger partial charge in [-0.15, -0.1) is 0 Å². The Balaban J connectivity index is 1.53. The molecule has 1 unspecified atom stereocenters. The molecular weight excluding hydrogens is 400 g/mol. The van der Waals surface area contributed by atoms with Gasteiger partial charge in [0.25, 0.3) is 5.91 Å². The predicted molar refractivity (Wildman–Crippen MR) is 127 cm³/mol. The highest BCUT2D eigenvalue weighted by molar-refractivity contribution is 5.94. The molecule has 1 atom stereocenters. The maximum absolute atomic E-state index is 12.3. The topological polar surface area (TPSA) is 84.7 Å². The first-order valence-corrected chi connectivity index (χ1v) is 11.0. The number of carbonyl (C=O) groups is 1. The summed E-state index contributed by atoms with van der Waals surface area (Å²) < 4.78 is 1.84. The fraction of sp³-hybridized carbons (Fsp3) is 0.280. The molecule has 4 aromatic rings. The smallest absolute Gasteiger partial charge is 0.251 e. The van der Waals surface area contributed by atoms with Crippen molar-refractivity contribution >= 4 is 22.8 Å². The van der Waals surface area contributed by atoms with E-state index in [1.807, 2.05) is 66.2 Å². The molecule has 7 nitrogen and oxygen atoms in total. The van der Waals surface area contributed by atoms with Crippen LogP contribution in [0.3, 0.4) is 0 Å². The van der Waals surface area contributed by atoms with Crippen molar-refractivity contribution in [1.29, 1.82) is 0 Å². The third kappa shape index (κ3) is 4.61. The van der Waals surface area contributed by atoms with Crippen LogP contribution in [0, 0.1) is 6.92 Å². The summed E-state index contributed by atoms with van der Waals surface area (Å²) >= 11 is 0. The lowest BCUT2D eigenvalue weighted by Gasteiger charge is -2.13. The summed E-state index contributed by atoms with van der Waals surface area (Å²) in [6.07, 6.45) is 2.73. The zero-order valence-electron chi connectivity index (χ0n) is 18.7. The van der Waals surface area contributed by atoms with Gasteiger partial charge in [0, 0.05) is 24.6 Å². The van der Waals surface area contributed by atoms with E-state index in [-0.39, 0.29) is 11.8 Å². The number of aryl methyl sites for hydroxylation is 1. The summed E-state index contributed by atoms with van der Waals surface area (Å²) in [5.74, 6) is 1.65. The first-order valence-electron chi connectivity index (χ1n) is 11.0. The number of rotatable bonds is 8. The highest BCUT2D eigenvalue weighted by Gasteiger charge is 2.16. The van der Waals surface area contributed by atoms with Crippen molar-refractivity contribution in [3.8, 4) is 5.69 Å². The summed E-state index contributed by atoms with van der Waals surface area (Å²) in [6, 6.07) is 17.5. The second kappa shape index (κ2) is 9.60. The minimum absolute atomic E-state index is 0.0863. The quantitative estimate of drug-likeness (QED) is 0.404. The molecule has 4 rings (SSSR count). The lowest BCUT2D eigenvalue weighted by atomic mass is 10.1. The molecule has 0 bridgehead atoms. The Morgan fingerprint density at radius 3 is 2.50 bits per heavy atom. The van der Waals surface area contributed by atoms with Crippen LogP contribution in [0.15, 0.2) is 60.8 Å². The van der Waals surface area contributed by atoms with E-state index in [4.69, 9.17) is 9.97 Å². The molecule has 0 aliphatic carbocycles. The Bertz CT molecular complexity index is 1200. The largest absolute Gasteiger partial charge is 0.368 e. The molecule has 7 heteroatoms. The number of amides is 1. The van der Waals surface area contributed by atoms with E-state index in [1.165, 1.54) is 0 Å². The van der Waals surface area contributed by atoms with Gasteiger partial charge < -0.3 is 10.6 Å². The summed E-state index contributed by atoms with van der Waals surface area (Å²) in [5, 5.41) is 11.7. The number of para-hydroxylation sites is 1. The Morgan fingerprint density at radius 1 is 1.03 bits per heavy atom. The van der Waals surface area contributed by atoms with Gasteiger partial charge in [-0.2, -0.15) is 5.10 Å². The van der Waals surface area contributed by atoms with Crippen LogP contribution in [-0.4, -0.2) is 38.7 Å². The molecule has 0 saturated heterocycles. The van der Waals surface area contributed by atoms with Gasteiger partial charge in [0.1, 0.15) is 11.6 Å². The van der Waals surface area contributed by atoms with Crippen LogP contribution in [0.4, 0.5) is 5.82 Å². The standard InChI is InChI=1S/C25H28N6O/c1-4-18(3)22-29-23(26-14-15-27-25(32)19-12-10-17(2)11-13-19)21-16-28-31(24(21)30-22)20-8-6-5-7-9-20/h5-13,16,18H,4,14-15H2,1-3H3,(H,27,32)(H,26,29,30). The summed E-state index contributed by atoms with van der Waals surface area (Å²) in [6.45, 7) is 7.27. The van der Waals surface area contributed by atoms with Gasteiger partial charge in [0.2, 0.25) is 0 Å². The summed E-state index contributed by atoms with van der Waals surface area (Å²) in [5.41, 5.74) is 3.51. The van der Waals surface area contributed by atoms with Crippen LogP contribution in [-0.2, 0) is 0 Å². The Labute approximate surface area is 187 Å². The Hall–Kier alpha value is -3.74. The van der Waals surface area contributed by atoms with Crippen LogP contribution >= 0.6 is 0 Å². The van der Waals surface area contributed by atoms with Crippen molar-refractivity contribution in [1.82, 2.24) is 25.1 Å². The van der Waals surface area contributed by atoms with E-state index >= 15 is 0 Å². The maximum atomic E-state index is 12.3. The zero-order valence-corrected chi connectivity index (χ0v) is 18.7. The van der Waals surface area contributed by atoms with Crippen LogP contribution < -0.4 is 10.6 Å². The molecule has 0 radical (unpaired) electrons. The maximum Gasteiger partial charge on any atom is 0.251 e. The van der Waals surface area contributed by atoms with Gasteiger partial charge in [0.15, 0.2) is 5.65 Å². The van der Waals surface area contributed by atoms with Crippen molar-refractivity contribution in [2.45, 2.75) is 33.1 Å². The molecule has 2 aromatic heterocycles. The van der Waals surface area contributed by atoms with E-state index in [2.05, 4.69) is 29.6 Å².